The molecule has 0 saturated heterocycles. The fourth-order valence-corrected chi connectivity index (χ4v) is 3.13. The number of aliphatic imine (C=N–C) groups is 1. The SMILES string of the molecule is C\C=C/C(C)=N/C(=C/CCC)c1cccc(SCC(=O)NC2CC2)c1. The maximum atomic E-state index is 11.9. The van der Waals surface area contributed by atoms with Crippen LogP contribution in [0.25, 0.3) is 5.70 Å². The molecule has 0 unspecified atom stereocenters. The molecule has 1 fully saturated rings. The van der Waals surface area contributed by atoms with E-state index in [-0.39, 0.29) is 5.91 Å². The Morgan fingerprint density at radius 3 is 2.88 bits per heavy atom. The molecule has 3 nitrogen and oxygen atoms in total. The van der Waals surface area contributed by atoms with Crippen molar-refractivity contribution in [3.8, 4) is 0 Å². The summed E-state index contributed by atoms with van der Waals surface area (Å²) in [7, 11) is 0. The maximum absolute atomic E-state index is 11.9. The number of unbranched alkanes of at least 4 members (excludes halogenated alkanes) is 1. The number of carbonyl (C=O) groups excluding carboxylic acids is 1. The summed E-state index contributed by atoms with van der Waals surface area (Å²) < 4.78 is 0. The summed E-state index contributed by atoms with van der Waals surface area (Å²) in [6, 6.07) is 8.73. The Kier molecular flexibility index (Phi) is 7.99. The standard InChI is InChI=1S/C21H28N2OS/c1-4-6-11-20(22-16(3)8-5-2)17-9-7-10-19(14-17)25-15-21(24)23-18-12-13-18/h5,7-11,14,18H,4,6,12-13,15H2,1-3H3,(H,23,24)/b8-5-,20-11+,22-16+. The van der Waals surface area contributed by atoms with Gasteiger partial charge in [0.15, 0.2) is 0 Å². The molecule has 0 spiro atoms. The van der Waals surface area contributed by atoms with Crippen LogP contribution in [0.2, 0.25) is 0 Å². The molecule has 1 amide bonds. The zero-order valence-corrected chi connectivity index (χ0v) is 16.2. The van der Waals surface area contributed by atoms with E-state index >= 15 is 0 Å². The number of hydrogen-bond acceptors (Lipinski definition) is 3. The van der Waals surface area contributed by atoms with Crippen molar-refractivity contribution in [1.82, 2.24) is 5.32 Å². The highest BCUT2D eigenvalue weighted by Gasteiger charge is 2.22. The van der Waals surface area contributed by atoms with Crippen LogP contribution in [0.3, 0.4) is 0 Å². The summed E-state index contributed by atoms with van der Waals surface area (Å²) in [4.78, 5) is 17.7. The van der Waals surface area contributed by atoms with Gasteiger partial charge in [-0.1, -0.05) is 37.6 Å². The van der Waals surface area contributed by atoms with E-state index in [0.717, 1.165) is 47.6 Å². The highest BCUT2D eigenvalue weighted by atomic mass is 32.2. The minimum Gasteiger partial charge on any atom is -0.353 e. The number of rotatable bonds is 9. The van der Waals surface area contributed by atoms with Gasteiger partial charge in [-0.2, -0.15) is 0 Å². The van der Waals surface area contributed by atoms with Crippen LogP contribution in [0.1, 0.15) is 52.0 Å². The Morgan fingerprint density at radius 1 is 1.40 bits per heavy atom. The molecule has 1 aromatic carbocycles. The van der Waals surface area contributed by atoms with Crippen molar-refractivity contribution in [3.63, 3.8) is 0 Å². The van der Waals surface area contributed by atoms with Crippen LogP contribution in [-0.2, 0) is 4.79 Å². The second-order valence-corrected chi connectivity index (χ2v) is 7.34. The average molecular weight is 357 g/mol. The van der Waals surface area contributed by atoms with Gasteiger partial charge < -0.3 is 5.32 Å². The molecule has 0 aliphatic heterocycles. The molecule has 2 rings (SSSR count). The molecule has 0 bridgehead atoms. The van der Waals surface area contributed by atoms with E-state index in [1.807, 2.05) is 32.1 Å². The first kappa shape index (κ1) is 19.5. The van der Waals surface area contributed by atoms with E-state index < -0.39 is 0 Å². The maximum Gasteiger partial charge on any atom is 0.230 e. The molecule has 0 atom stereocenters. The van der Waals surface area contributed by atoms with Crippen LogP contribution in [0, 0.1) is 0 Å². The predicted octanol–water partition coefficient (Wildman–Crippen LogP) is 5.24. The minimum absolute atomic E-state index is 0.126. The van der Waals surface area contributed by atoms with Crippen molar-refractivity contribution in [1.29, 1.82) is 0 Å². The number of nitrogens with zero attached hydrogens (tertiary/aromatic N) is 1. The monoisotopic (exact) mass is 356 g/mol. The van der Waals surface area contributed by atoms with Gasteiger partial charge in [0.2, 0.25) is 5.91 Å². The van der Waals surface area contributed by atoms with E-state index in [2.05, 4.69) is 36.5 Å². The smallest absolute Gasteiger partial charge is 0.230 e. The zero-order chi connectivity index (χ0) is 18.1. The first-order valence-corrected chi connectivity index (χ1v) is 10.0. The summed E-state index contributed by atoms with van der Waals surface area (Å²) in [6.45, 7) is 6.18. The van der Waals surface area contributed by atoms with E-state index in [9.17, 15) is 4.79 Å². The van der Waals surface area contributed by atoms with Crippen molar-refractivity contribution in [3.05, 3.63) is 48.1 Å². The summed E-state index contributed by atoms with van der Waals surface area (Å²) in [5, 5.41) is 3.03. The van der Waals surface area contributed by atoms with E-state index in [4.69, 9.17) is 4.99 Å². The van der Waals surface area contributed by atoms with Crippen LogP contribution < -0.4 is 5.32 Å². The molecule has 0 aromatic heterocycles. The van der Waals surface area contributed by atoms with Crippen LogP contribution >= 0.6 is 11.8 Å². The summed E-state index contributed by atoms with van der Waals surface area (Å²) >= 11 is 1.58. The fraction of sp³-hybridized carbons (Fsp3) is 0.429. The molecule has 134 valence electrons. The number of carbonyl (C=O) groups is 1. The van der Waals surface area contributed by atoms with Crippen molar-refractivity contribution >= 4 is 29.1 Å². The first-order chi connectivity index (χ1) is 12.1. The van der Waals surface area contributed by atoms with Crippen molar-refractivity contribution in [2.24, 2.45) is 4.99 Å². The summed E-state index contributed by atoms with van der Waals surface area (Å²) in [5.41, 5.74) is 3.10. The third-order valence-corrected chi connectivity index (χ3v) is 4.77. The van der Waals surface area contributed by atoms with E-state index in [1.54, 1.807) is 11.8 Å². The van der Waals surface area contributed by atoms with Gasteiger partial charge in [0, 0.05) is 22.2 Å². The molecule has 1 N–H and O–H groups in total. The zero-order valence-electron chi connectivity index (χ0n) is 15.4. The van der Waals surface area contributed by atoms with Gasteiger partial charge in [0.05, 0.1) is 11.4 Å². The Bertz CT molecular complexity index is 672. The van der Waals surface area contributed by atoms with Gasteiger partial charge >= 0.3 is 0 Å². The van der Waals surface area contributed by atoms with Crippen LogP contribution in [0.4, 0.5) is 0 Å². The largest absolute Gasteiger partial charge is 0.353 e. The lowest BCUT2D eigenvalue weighted by Crippen LogP contribution is -2.26. The van der Waals surface area contributed by atoms with Crippen LogP contribution in [0.15, 0.2) is 52.4 Å². The van der Waals surface area contributed by atoms with Gasteiger partial charge in [-0.05, 0) is 51.3 Å². The third-order valence-electron chi connectivity index (χ3n) is 3.77. The van der Waals surface area contributed by atoms with Gasteiger partial charge in [-0.3, -0.25) is 9.79 Å². The molecule has 25 heavy (non-hydrogen) atoms. The molecule has 4 heteroatoms. The Balaban J connectivity index is 2.09. The quantitative estimate of drug-likeness (QED) is 0.486. The predicted molar refractivity (Wildman–Crippen MR) is 109 cm³/mol. The molecule has 1 aliphatic rings. The minimum atomic E-state index is 0.126. The molecule has 0 radical (unpaired) electrons. The van der Waals surface area contributed by atoms with Gasteiger partial charge in [-0.15, -0.1) is 11.8 Å². The topological polar surface area (TPSA) is 41.5 Å². The number of amides is 1. The lowest BCUT2D eigenvalue weighted by Gasteiger charge is -2.08. The van der Waals surface area contributed by atoms with Crippen molar-refractivity contribution in [2.75, 3.05) is 5.75 Å². The number of benzene rings is 1. The highest BCUT2D eigenvalue weighted by molar-refractivity contribution is 8.00. The lowest BCUT2D eigenvalue weighted by molar-refractivity contribution is -0.118. The van der Waals surface area contributed by atoms with Crippen molar-refractivity contribution < 1.29 is 4.79 Å². The molecule has 1 aromatic rings. The van der Waals surface area contributed by atoms with Gasteiger partial charge in [0.25, 0.3) is 0 Å². The summed E-state index contributed by atoms with van der Waals surface area (Å²) in [5.74, 6) is 0.594. The normalized spacial score (nSPS) is 15.6. The molecular weight excluding hydrogens is 328 g/mol. The van der Waals surface area contributed by atoms with Crippen LogP contribution in [-0.4, -0.2) is 23.4 Å². The lowest BCUT2D eigenvalue weighted by atomic mass is 10.1. The highest BCUT2D eigenvalue weighted by Crippen LogP contribution is 2.25. The summed E-state index contributed by atoms with van der Waals surface area (Å²) in [6.07, 6.45) is 10.6. The van der Waals surface area contributed by atoms with Crippen LogP contribution in [0.5, 0.6) is 0 Å². The fourth-order valence-electron chi connectivity index (χ4n) is 2.37. The molecule has 0 heterocycles. The second-order valence-electron chi connectivity index (χ2n) is 6.29. The van der Waals surface area contributed by atoms with Gasteiger partial charge in [0.1, 0.15) is 0 Å². The van der Waals surface area contributed by atoms with E-state index in [1.165, 1.54) is 0 Å². The van der Waals surface area contributed by atoms with Gasteiger partial charge in [-0.25, -0.2) is 0 Å². The average Bonchev–Trinajstić information content (AvgIpc) is 3.41. The number of thioether (sulfide) groups is 1. The Labute approximate surface area is 155 Å². The number of nitrogens with one attached hydrogen (secondary N) is 1. The number of allylic oxidation sites excluding steroid dienone is 3. The first-order valence-electron chi connectivity index (χ1n) is 9.03. The molecule has 1 aliphatic carbocycles. The number of hydrogen-bond donors (Lipinski definition) is 1. The second kappa shape index (κ2) is 10.2. The molecule has 1 saturated carbocycles. The Hall–Kier alpha value is -1.81. The van der Waals surface area contributed by atoms with E-state index in [0.29, 0.717) is 11.8 Å². The third kappa shape index (κ3) is 7.30. The van der Waals surface area contributed by atoms with Crippen molar-refractivity contribution in [2.45, 2.75) is 57.4 Å². The molecular formula is C21H28N2OS. The Morgan fingerprint density at radius 2 is 2.20 bits per heavy atom.